The van der Waals surface area contributed by atoms with Crippen molar-refractivity contribution in [2.75, 3.05) is 13.2 Å². The Kier molecular flexibility index (Phi) is 3.34. The number of hydrogen-bond acceptors (Lipinski definition) is 3. The molecule has 3 nitrogen and oxygen atoms in total. The van der Waals surface area contributed by atoms with E-state index in [0.717, 1.165) is 19.8 Å². The van der Waals surface area contributed by atoms with Gasteiger partial charge in [-0.3, -0.25) is 9.88 Å². The molecule has 0 aliphatic carbocycles. The standard InChI is InChI=1S/C12H17N2O/c1-10-8-15-9-11(2)14(10)7-12-4-3-5-13-6-12/h3-4,6,10-11H,7-9H2,1-2H3. The Bertz CT molecular complexity index is 292. The van der Waals surface area contributed by atoms with Crippen molar-refractivity contribution in [3.63, 3.8) is 0 Å². The van der Waals surface area contributed by atoms with Crippen LogP contribution in [0.2, 0.25) is 0 Å². The Balaban J connectivity index is 2.03. The number of rotatable bonds is 2. The summed E-state index contributed by atoms with van der Waals surface area (Å²) in [5, 5.41) is 0. The van der Waals surface area contributed by atoms with Crippen LogP contribution in [-0.2, 0) is 11.3 Å². The third-order valence-corrected chi connectivity index (χ3v) is 2.89. The zero-order chi connectivity index (χ0) is 10.7. The third-order valence-electron chi connectivity index (χ3n) is 2.89. The lowest BCUT2D eigenvalue weighted by molar-refractivity contribution is -0.0410. The molecular weight excluding hydrogens is 188 g/mol. The van der Waals surface area contributed by atoms with Crippen LogP contribution in [0.25, 0.3) is 0 Å². The van der Waals surface area contributed by atoms with Crippen molar-refractivity contribution in [3.8, 4) is 0 Å². The normalized spacial score (nSPS) is 27.9. The molecule has 2 rings (SSSR count). The largest absolute Gasteiger partial charge is 0.378 e. The molecule has 2 atom stereocenters. The Morgan fingerprint density at radius 3 is 2.80 bits per heavy atom. The third kappa shape index (κ3) is 2.55. The maximum absolute atomic E-state index is 5.50. The molecule has 0 saturated carbocycles. The van der Waals surface area contributed by atoms with Gasteiger partial charge in [0, 0.05) is 24.8 Å². The highest BCUT2D eigenvalue weighted by molar-refractivity contribution is 5.08. The van der Waals surface area contributed by atoms with Crippen LogP contribution in [-0.4, -0.2) is 35.2 Å². The van der Waals surface area contributed by atoms with Crippen molar-refractivity contribution < 1.29 is 4.74 Å². The fraction of sp³-hybridized carbons (Fsp3) is 0.583. The molecule has 0 amide bonds. The van der Waals surface area contributed by atoms with Gasteiger partial charge in [0.1, 0.15) is 0 Å². The number of pyridine rings is 1. The van der Waals surface area contributed by atoms with Crippen molar-refractivity contribution in [1.82, 2.24) is 9.88 Å². The molecule has 1 aliphatic rings. The molecule has 81 valence electrons. The summed E-state index contributed by atoms with van der Waals surface area (Å²) < 4.78 is 5.50. The summed E-state index contributed by atoms with van der Waals surface area (Å²) in [6.45, 7) is 7.02. The van der Waals surface area contributed by atoms with Crippen LogP contribution >= 0.6 is 0 Å². The van der Waals surface area contributed by atoms with Gasteiger partial charge in [0.15, 0.2) is 0 Å². The maximum atomic E-state index is 5.50. The number of morpholine rings is 1. The van der Waals surface area contributed by atoms with Crippen molar-refractivity contribution in [2.45, 2.75) is 32.5 Å². The average molecular weight is 205 g/mol. The highest BCUT2D eigenvalue weighted by atomic mass is 16.5. The van der Waals surface area contributed by atoms with Crippen LogP contribution in [0.15, 0.2) is 18.3 Å². The van der Waals surface area contributed by atoms with Crippen molar-refractivity contribution in [1.29, 1.82) is 0 Å². The Morgan fingerprint density at radius 1 is 1.47 bits per heavy atom. The molecule has 2 unspecified atom stereocenters. The zero-order valence-electron chi connectivity index (χ0n) is 9.31. The van der Waals surface area contributed by atoms with Crippen molar-refractivity contribution >= 4 is 0 Å². The monoisotopic (exact) mass is 205 g/mol. The minimum absolute atomic E-state index is 0.484. The van der Waals surface area contributed by atoms with Crippen LogP contribution < -0.4 is 0 Å². The van der Waals surface area contributed by atoms with E-state index in [1.165, 1.54) is 5.56 Å². The zero-order valence-corrected chi connectivity index (χ0v) is 9.31. The molecule has 0 spiro atoms. The van der Waals surface area contributed by atoms with Gasteiger partial charge < -0.3 is 4.74 Å². The fourth-order valence-corrected chi connectivity index (χ4v) is 2.00. The van der Waals surface area contributed by atoms with Crippen LogP contribution in [0, 0.1) is 6.20 Å². The second kappa shape index (κ2) is 4.73. The molecule has 1 aliphatic heterocycles. The molecular formula is C12H17N2O. The van der Waals surface area contributed by atoms with E-state index >= 15 is 0 Å². The average Bonchev–Trinajstić information content (AvgIpc) is 2.25. The second-order valence-electron chi connectivity index (χ2n) is 4.20. The van der Waals surface area contributed by atoms with E-state index in [2.05, 4.69) is 36.0 Å². The minimum atomic E-state index is 0.484. The number of hydrogen-bond donors (Lipinski definition) is 0. The lowest BCUT2D eigenvalue weighted by atomic mass is 10.1. The van der Waals surface area contributed by atoms with E-state index in [9.17, 15) is 0 Å². The highest BCUT2D eigenvalue weighted by Crippen LogP contribution is 2.16. The fourth-order valence-electron chi connectivity index (χ4n) is 2.00. The summed E-state index contributed by atoms with van der Waals surface area (Å²) in [6, 6.07) is 4.91. The van der Waals surface area contributed by atoms with Gasteiger partial charge in [0.05, 0.1) is 19.4 Å². The predicted molar refractivity (Wildman–Crippen MR) is 58.4 cm³/mol. The van der Waals surface area contributed by atoms with Crippen LogP contribution in [0.5, 0.6) is 0 Å². The van der Waals surface area contributed by atoms with Gasteiger partial charge in [0.2, 0.25) is 0 Å². The van der Waals surface area contributed by atoms with E-state index in [4.69, 9.17) is 4.74 Å². The molecule has 3 heteroatoms. The summed E-state index contributed by atoms with van der Waals surface area (Å²) in [5.74, 6) is 0. The van der Waals surface area contributed by atoms with E-state index in [0.29, 0.717) is 12.1 Å². The van der Waals surface area contributed by atoms with E-state index in [-0.39, 0.29) is 0 Å². The Morgan fingerprint density at radius 2 is 2.20 bits per heavy atom. The van der Waals surface area contributed by atoms with Gasteiger partial charge in [-0.2, -0.15) is 0 Å². The van der Waals surface area contributed by atoms with Crippen molar-refractivity contribution in [3.05, 3.63) is 30.1 Å². The first-order valence-corrected chi connectivity index (χ1v) is 5.42. The van der Waals surface area contributed by atoms with Gasteiger partial charge in [-0.05, 0) is 25.5 Å². The Labute approximate surface area is 91.1 Å². The Hall–Kier alpha value is -0.930. The van der Waals surface area contributed by atoms with Gasteiger partial charge in [0.25, 0.3) is 0 Å². The summed E-state index contributed by atoms with van der Waals surface area (Å²) in [5.41, 5.74) is 1.24. The molecule has 1 fully saturated rings. The predicted octanol–water partition coefficient (Wildman–Crippen LogP) is 1.49. The highest BCUT2D eigenvalue weighted by Gasteiger charge is 2.24. The summed E-state index contributed by atoms with van der Waals surface area (Å²) in [4.78, 5) is 6.48. The summed E-state index contributed by atoms with van der Waals surface area (Å²) in [7, 11) is 0. The molecule has 0 bridgehead atoms. The first kappa shape index (κ1) is 10.6. The summed E-state index contributed by atoms with van der Waals surface area (Å²) in [6.07, 6.45) is 4.68. The molecule has 1 aromatic heterocycles. The van der Waals surface area contributed by atoms with Gasteiger partial charge in [-0.25, -0.2) is 0 Å². The van der Waals surface area contributed by atoms with Crippen LogP contribution in [0.4, 0.5) is 0 Å². The minimum Gasteiger partial charge on any atom is -0.378 e. The lowest BCUT2D eigenvalue weighted by Crippen LogP contribution is -2.48. The molecule has 0 N–H and O–H groups in total. The van der Waals surface area contributed by atoms with Crippen LogP contribution in [0.1, 0.15) is 19.4 Å². The van der Waals surface area contributed by atoms with E-state index < -0.39 is 0 Å². The number of aromatic nitrogens is 1. The molecule has 1 aromatic rings. The molecule has 2 heterocycles. The topological polar surface area (TPSA) is 25.4 Å². The second-order valence-corrected chi connectivity index (χ2v) is 4.20. The molecule has 1 radical (unpaired) electrons. The molecule has 1 saturated heterocycles. The van der Waals surface area contributed by atoms with Gasteiger partial charge >= 0.3 is 0 Å². The first-order valence-electron chi connectivity index (χ1n) is 5.42. The van der Waals surface area contributed by atoms with Crippen LogP contribution in [0.3, 0.4) is 0 Å². The van der Waals surface area contributed by atoms with E-state index in [1.54, 1.807) is 0 Å². The number of nitrogens with zero attached hydrogens (tertiary/aromatic N) is 2. The smallest absolute Gasteiger partial charge is 0.0886 e. The van der Waals surface area contributed by atoms with Gasteiger partial charge in [-0.1, -0.05) is 6.07 Å². The molecule has 0 aromatic carbocycles. The SMILES string of the molecule is CC1COCC(C)N1Cc1cc[c]nc1. The lowest BCUT2D eigenvalue weighted by Gasteiger charge is -2.38. The first-order chi connectivity index (χ1) is 7.27. The van der Waals surface area contributed by atoms with Gasteiger partial charge in [-0.15, -0.1) is 0 Å². The quantitative estimate of drug-likeness (QED) is 0.731. The maximum Gasteiger partial charge on any atom is 0.0886 e. The number of ether oxygens (including phenoxy) is 1. The van der Waals surface area contributed by atoms with E-state index in [1.807, 2.05) is 12.3 Å². The van der Waals surface area contributed by atoms with Crippen molar-refractivity contribution in [2.24, 2.45) is 0 Å². The summed E-state index contributed by atoms with van der Waals surface area (Å²) >= 11 is 0. The molecule has 15 heavy (non-hydrogen) atoms.